The van der Waals surface area contributed by atoms with Crippen molar-refractivity contribution in [3.8, 4) is 17.1 Å². The Kier molecular flexibility index (Phi) is 5.06. The van der Waals surface area contributed by atoms with E-state index in [0.29, 0.717) is 11.7 Å². The first-order valence-electron chi connectivity index (χ1n) is 8.02. The standard InChI is InChI=1S/C17H19N5O2.ClH/c1-23-14-6-3-2-5-13(14)15-20-16(24-21-15)17(7-10-18-11-8-17)22-12-4-9-19-22;/h2-6,9,12,18H,7-8,10-11H2,1H3;1H. The third-order valence-electron chi connectivity index (χ3n) is 4.55. The second-order valence-corrected chi connectivity index (χ2v) is 5.86. The number of methoxy groups -OCH3 is 1. The van der Waals surface area contributed by atoms with Crippen LogP contribution < -0.4 is 10.1 Å². The molecule has 0 atom stereocenters. The highest BCUT2D eigenvalue weighted by Gasteiger charge is 2.42. The van der Waals surface area contributed by atoms with Crippen LogP contribution in [0.2, 0.25) is 0 Å². The fourth-order valence-corrected chi connectivity index (χ4v) is 3.25. The number of aromatic nitrogens is 4. The molecule has 0 radical (unpaired) electrons. The average Bonchev–Trinajstić information content (AvgIpc) is 3.34. The molecule has 1 fully saturated rings. The predicted molar refractivity (Wildman–Crippen MR) is 94.9 cm³/mol. The van der Waals surface area contributed by atoms with E-state index >= 15 is 0 Å². The van der Waals surface area contributed by atoms with Crippen molar-refractivity contribution < 1.29 is 9.26 Å². The number of nitrogens with zero attached hydrogens (tertiary/aromatic N) is 4. The summed E-state index contributed by atoms with van der Waals surface area (Å²) in [4.78, 5) is 4.69. The van der Waals surface area contributed by atoms with Gasteiger partial charge in [0.15, 0.2) is 0 Å². The van der Waals surface area contributed by atoms with Gasteiger partial charge in [-0.2, -0.15) is 10.1 Å². The molecular weight excluding hydrogens is 342 g/mol. The van der Waals surface area contributed by atoms with Gasteiger partial charge >= 0.3 is 0 Å². The number of ether oxygens (including phenoxy) is 1. The van der Waals surface area contributed by atoms with Gasteiger partial charge in [0.1, 0.15) is 11.3 Å². The smallest absolute Gasteiger partial charge is 0.255 e. The summed E-state index contributed by atoms with van der Waals surface area (Å²) in [6.45, 7) is 1.76. The van der Waals surface area contributed by atoms with Gasteiger partial charge in [0.05, 0.1) is 12.7 Å². The summed E-state index contributed by atoms with van der Waals surface area (Å²) >= 11 is 0. The van der Waals surface area contributed by atoms with E-state index in [-0.39, 0.29) is 12.4 Å². The van der Waals surface area contributed by atoms with Gasteiger partial charge in [-0.3, -0.25) is 4.68 Å². The lowest BCUT2D eigenvalue weighted by molar-refractivity contribution is 0.172. The van der Waals surface area contributed by atoms with Gasteiger partial charge in [-0.15, -0.1) is 12.4 Å². The van der Waals surface area contributed by atoms with Crippen LogP contribution >= 0.6 is 12.4 Å². The van der Waals surface area contributed by atoms with Crippen molar-refractivity contribution in [1.82, 2.24) is 25.2 Å². The van der Waals surface area contributed by atoms with Gasteiger partial charge in [0.25, 0.3) is 5.89 Å². The monoisotopic (exact) mass is 361 g/mol. The fourth-order valence-electron chi connectivity index (χ4n) is 3.25. The normalized spacial score (nSPS) is 16.2. The predicted octanol–water partition coefficient (Wildman–Crippen LogP) is 2.49. The van der Waals surface area contributed by atoms with Crippen LogP contribution in [0.5, 0.6) is 5.75 Å². The molecule has 0 amide bonds. The summed E-state index contributed by atoms with van der Waals surface area (Å²) in [6, 6.07) is 9.58. The van der Waals surface area contributed by atoms with Crippen molar-refractivity contribution in [2.75, 3.05) is 20.2 Å². The van der Waals surface area contributed by atoms with E-state index in [2.05, 4.69) is 15.6 Å². The minimum absolute atomic E-state index is 0. The van der Waals surface area contributed by atoms with Crippen LogP contribution in [0.1, 0.15) is 18.7 Å². The zero-order chi connectivity index (χ0) is 16.4. The Morgan fingerprint density at radius 2 is 2.00 bits per heavy atom. The summed E-state index contributed by atoms with van der Waals surface area (Å²) in [6.07, 6.45) is 5.43. The molecule has 0 saturated carbocycles. The third-order valence-corrected chi connectivity index (χ3v) is 4.55. The van der Waals surface area contributed by atoms with Crippen LogP contribution in [0, 0.1) is 0 Å². The zero-order valence-corrected chi connectivity index (χ0v) is 14.7. The zero-order valence-electron chi connectivity index (χ0n) is 13.9. The van der Waals surface area contributed by atoms with Crippen molar-refractivity contribution in [2.24, 2.45) is 0 Å². The first-order valence-corrected chi connectivity index (χ1v) is 8.02. The molecule has 0 aliphatic carbocycles. The molecule has 1 saturated heterocycles. The minimum atomic E-state index is -0.401. The van der Waals surface area contributed by atoms with Gasteiger partial charge in [0.2, 0.25) is 5.82 Å². The molecule has 1 aliphatic rings. The number of benzene rings is 1. The molecule has 4 rings (SSSR count). The lowest BCUT2D eigenvalue weighted by Gasteiger charge is -2.34. The van der Waals surface area contributed by atoms with Crippen LogP contribution in [0.3, 0.4) is 0 Å². The van der Waals surface area contributed by atoms with Crippen molar-refractivity contribution in [2.45, 2.75) is 18.4 Å². The number of rotatable bonds is 4. The topological polar surface area (TPSA) is 78.0 Å². The maximum absolute atomic E-state index is 5.68. The minimum Gasteiger partial charge on any atom is -0.496 e. The van der Waals surface area contributed by atoms with E-state index < -0.39 is 5.54 Å². The fraction of sp³-hybridized carbons (Fsp3) is 0.353. The van der Waals surface area contributed by atoms with Crippen molar-refractivity contribution >= 4 is 12.4 Å². The summed E-state index contributed by atoms with van der Waals surface area (Å²) in [5.41, 5.74) is 0.418. The highest BCUT2D eigenvalue weighted by Crippen LogP contribution is 2.35. The Morgan fingerprint density at radius 1 is 1.20 bits per heavy atom. The Bertz CT molecular complexity index is 812. The van der Waals surface area contributed by atoms with E-state index in [4.69, 9.17) is 14.2 Å². The molecule has 132 valence electrons. The maximum Gasteiger partial charge on any atom is 0.255 e. The number of halogens is 1. The summed E-state index contributed by atoms with van der Waals surface area (Å²) in [5.74, 6) is 1.85. The first-order chi connectivity index (χ1) is 11.8. The highest BCUT2D eigenvalue weighted by molar-refractivity contribution is 5.85. The van der Waals surface area contributed by atoms with Crippen LogP contribution in [-0.4, -0.2) is 40.1 Å². The molecule has 3 heterocycles. The molecule has 8 heteroatoms. The molecule has 1 aromatic carbocycles. The molecule has 2 aromatic heterocycles. The number of hydrogen-bond donors (Lipinski definition) is 1. The number of piperidine rings is 1. The van der Waals surface area contributed by atoms with Crippen molar-refractivity contribution in [1.29, 1.82) is 0 Å². The summed E-state index contributed by atoms with van der Waals surface area (Å²) in [5, 5.41) is 12.0. The Balaban J connectivity index is 0.00000182. The van der Waals surface area contributed by atoms with E-state index in [1.165, 1.54) is 0 Å². The van der Waals surface area contributed by atoms with Gasteiger partial charge in [-0.05, 0) is 44.1 Å². The van der Waals surface area contributed by atoms with Crippen LogP contribution in [-0.2, 0) is 5.54 Å². The van der Waals surface area contributed by atoms with E-state index in [9.17, 15) is 0 Å². The molecule has 0 unspecified atom stereocenters. The number of nitrogens with one attached hydrogen (secondary N) is 1. The highest BCUT2D eigenvalue weighted by atomic mass is 35.5. The molecule has 3 aromatic rings. The van der Waals surface area contributed by atoms with Gasteiger partial charge in [0, 0.05) is 12.4 Å². The molecular formula is C17H20ClN5O2. The quantitative estimate of drug-likeness (QED) is 0.769. The SMILES string of the molecule is COc1ccccc1-c1noc(C2(n3cccn3)CCNCC2)n1.Cl. The second kappa shape index (κ2) is 7.25. The van der Waals surface area contributed by atoms with Crippen LogP contribution in [0.15, 0.2) is 47.2 Å². The molecule has 0 bridgehead atoms. The van der Waals surface area contributed by atoms with Crippen molar-refractivity contribution in [3.05, 3.63) is 48.6 Å². The van der Waals surface area contributed by atoms with E-state index in [1.807, 2.05) is 41.2 Å². The number of para-hydroxylation sites is 1. The molecule has 0 spiro atoms. The first kappa shape index (κ1) is 17.4. The Labute approximate surface area is 151 Å². The Hall–Kier alpha value is -2.38. The van der Waals surface area contributed by atoms with Crippen LogP contribution in [0.4, 0.5) is 0 Å². The largest absolute Gasteiger partial charge is 0.496 e. The van der Waals surface area contributed by atoms with Gasteiger partial charge in [-0.1, -0.05) is 17.3 Å². The Morgan fingerprint density at radius 3 is 2.72 bits per heavy atom. The molecule has 1 N–H and O–H groups in total. The maximum atomic E-state index is 5.68. The van der Waals surface area contributed by atoms with E-state index in [0.717, 1.165) is 37.2 Å². The second-order valence-electron chi connectivity index (χ2n) is 5.86. The third kappa shape index (κ3) is 3.01. The van der Waals surface area contributed by atoms with Gasteiger partial charge in [-0.25, -0.2) is 0 Å². The lowest BCUT2D eigenvalue weighted by Crippen LogP contribution is -2.45. The summed E-state index contributed by atoms with van der Waals surface area (Å²) < 4.78 is 13.0. The lowest BCUT2D eigenvalue weighted by atomic mass is 9.88. The summed E-state index contributed by atoms with van der Waals surface area (Å²) in [7, 11) is 1.64. The van der Waals surface area contributed by atoms with Crippen molar-refractivity contribution in [3.63, 3.8) is 0 Å². The number of hydrogen-bond acceptors (Lipinski definition) is 6. The van der Waals surface area contributed by atoms with Crippen LogP contribution in [0.25, 0.3) is 11.4 Å². The molecule has 7 nitrogen and oxygen atoms in total. The molecule has 25 heavy (non-hydrogen) atoms. The molecule has 1 aliphatic heterocycles. The average molecular weight is 362 g/mol. The van der Waals surface area contributed by atoms with E-state index in [1.54, 1.807) is 13.3 Å². The van der Waals surface area contributed by atoms with Gasteiger partial charge < -0.3 is 14.6 Å².